The van der Waals surface area contributed by atoms with Gasteiger partial charge in [0.2, 0.25) is 5.91 Å². The van der Waals surface area contributed by atoms with Crippen molar-refractivity contribution in [1.82, 2.24) is 9.21 Å². The van der Waals surface area contributed by atoms with Crippen molar-refractivity contribution in [2.24, 2.45) is 17.6 Å². The number of amides is 1. The summed E-state index contributed by atoms with van der Waals surface area (Å²) in [6, 6.07) is 3.57. The Morgan fingerprint density at radius 2 is 1.93 bits per heavy atom. The van der Waals surface area contributed by atoms with Crippen molar-refractivity contribution < 1.29 is 13.2 Å². The van der Waals surface area contributed by atoms with Crippen molar-refractivity contribution in [3.05, 3.63) is 17.0 Å². The molecule has 3 unspecified atom stereocenters. The van der Waals surface area contributed by atoms with E-state index in [-0.39, 0.29) is 36.8 Å². The molecule has 3 atom stereocenters. The van der Waals surface area contributed by atoms with Gasteiger partial charge in [-0.2, -0.15) is 4.31 Å². The maximum absolute atomic E-state index is 13.0. The highest BCUT2D eigenvalue weighted by Crippen LogP contribution is 2.30. The predicted octanol–water partition coefficient (Wildman–Crippen LogP) is 2.46. The molecule has 6 nitrogen and oxygen atoms in total. The molecule has 3 rings (SSSR count). The summed E-state index contributed by atoms with van der Waals surface area (Å²) in [5.74, 6) is 0.189. The van der Waals surface area contributed by atoms with Gasteiger partial charge in [-0.25, -0.2) is 8.42 Å². The average molecular weight is 436 g/mol. The van der Waals surface area contributed by atoms with Crippen LogP contribution in [0.1, 0.15) is 37.5 Å². The zero-order valence-electron chi connectivity index (χ0n) is 16.0. The summed E-state index contributed by atoms with van der Waals surface area (Å²) in [5.41, 5.74) is 6.03. The Morgan fingerprint density at radius 3 is 2.56 bits per heavy atom. The lowest BCUT2D eigenvalue weighted by Crippen LogP contribution is -2.50. The molecule has 0 aliphatic carbocycles. The van der Waals surface area contributed by atoms with Gasteiger partial charge in [0.15, 0.2) is 0 Å². The van der Waals surface area contributed by atoms with Gasteiger partial charge in [-0.15, -0.1) is 23.7 Å². The Balaban J connectivity index is 0.00000261. The highest BCUT2D eigenvalue weighted by molar-refractivity contribution is 7.91. The Bertz CT molecular complexity index is 751. The third kappa shape index (κ3) is 5.03. The van der Waals surface area contributed by atoms with Gasteiger partial charge in [-0.3, -0.25) is 4.79 Å². The highest BCUT2D eigenvalue weighted by atomic mass is 35.5. The minimum atomic E-state index is -3.50. The van der Waals surface area contributed by atoms with Gasteiger partial charge < -0.3 is 10.6 Å². The molecule has 0 bridgehead atoms. The molecule has 2 saturated heterocycles. The number of halogens is 1. The molecule has 27 heavy (non-hydrogen) atoms. The van der Waals surface area contributed by atoms with Gasteiger partial charge in [0.25, 0.3) is 10.0 Å². The maximum Gasteiger partial charge on any atom is 0.252 e. The third-order valence-electron chi connectivity index (χ3n) is 5.56. The van der Waals surface area contributed by atoms with Crippen LogP contribution < -0.4 is 5.73 Å². The summed E-state index contributed by atoms with van der Waals surface area (Å²) in [6.45, 7) is 6.14. The first kappa shape index (κ1) is 22.6. The van der Waals surface area contributed by atoms with Crippen LogP contribution in [0.15, 0.2) is 16.3 Å². The number of carbonyl (C=O) groups excluding carboxylic acids is 1. The second kappa shape index (κ2) is 9.22. The fourth-order valence-corrected chi connectivity index (χ4v) is 6.90. The van der Waals surface area contributed by atoms with Crippen molar-refractivity contribution in [1.29, 1.82) is 0 Å². The van der Waals surface area contributed by atoms with Crippen molar-refractivity contribution >= 4 is 39.7 Å². The second-order valence-electron chi connectivity index (χ2n) is 7.61. The molecule has 2 aliphatic heterocycles. The summed E-state index contributed by atoms with van der Waals surface area (Å²) in [6.07, 6.45) is 3.52. The molecule has 1 aromatic heterocycles. The Morgan fingerprint density at radius 1 is 1.22 bits per heavy atom. The van der Waals surface area contributed by atoms with Crippen LogP contribution in [0, 0.1) is 18.8 Å². The largest absolute Gasteiger partial charge is 0.342 e. The van der Waals surface area contributed by atoms with E-state index in [4.69, 9.17) is 5.73 Å². The normalized spacial score (nSPS) is 25.7. The Labute approximate surface area is 172 Å². The molecule has 0 aromatic carbocycles. The number of nitrogens with two attached hydrogens (primary N) is 1. The quantitative estimate of drug-likeness (QED) is 0.787. The zero-order valence-corrected chi connectivity index (χ0v) is 18.4. The first-order chi connectivity index (χ1) is 12.3. The van der Waals surface area contributed by atoms with Crippen molar-refractivity contribution in [2.45, 2.75) is 49.8 Å². The standard InChI is InChI=1S/C18H29N3O3S2.ClH/c1-13-7-8-17(25-13)26(23,24)21-10-4-6-16(12-21)18(22)20-9-3-5-15(11-20)14(2)19;/h7-8,14-16H,3-6,9-12,19H2,1-2H3;1H. The molecule has 0 saturated carbocycles. The summed E-state index contributed by atoms with van der Waals surface area (Å²) in [4.78, 5) is 15.9. The first-order valence-corrected chi connectivity index (χ1v) is 11.7. The van der Waals surface area contributed by atoms with Crippen LogP contribution in [0.4, 0.5) is 0 Å². The van der Waals surface area contributed by atoms with Crippen LogP contribution in [0.2, 0.25) is 0 Å². The molecule has 154 valence electrons. The van der Waals surface area contributed by atoms with E-state index in [2.05, 4.69) is 0 Å². The lowest BCUT2D eigenvalue weighted by atomic mass is 9.90. The molecular weight excluding hydrogens is 406 g/mol. The minimum Gasteiger partial charge on any atom is -0.342 e. The van der Waals surface area contributed by atoms with E-state index in [1.165, 1.54) is 15.6 Å². The molecular formula is C18H30ClN3O3S2. The van der Waals surface area contributed by atoms with Crippen LogP contribution in [-0.2, 0) is 14.8 Å². The number of nitrogens with zero attached hydrogens (tertiary/aromatic N) is 2. The van der Waals surface area contributed by atoms with Crippen LogP contribution >= 0.6 is 23.7 Å². The smallest absolute Gasteiger partial charge is 0.252 e. The Hall–Kier alpha value is -0.670. The predicted molar refractivity (Wildman–Crippen MR) is 111 cm³/mol. The molecule has 2 fully saturated rings. The number of rotatable bonds is 4. The molecule has 3 heterocycles. The second-order valence-corrected chi connectivity index (χ2v) is 11.1. The lowest BCUT2D eigenvalue weighted by Gasteiger charge is -2.38. The van der Waals surface area contributed by atoms with E-state index in [0.717, 1.165) is 37.1 Å². The SMILES string of the molecule is Cc1ccc(S(=O)(=O)N2CCCC(C(=O)N3CCCC(C(C)N)C3)C2)s1.Cl. The number of thiophene rings is 1. The molecule has 0 spiro atoms. The molecule has 1 amide bonds. The molecule has 2 aliphatic rings. The zero-order chi connectivity index (χ0) is 18.9. The number of aryl methyl sites for hydroxylation is 1. The number of likely N-dealkylation sites (tertiary alicyclic amines) is 1. The number of hydrogen-bond acceptors (Lipinski definition) is 5. The molecule has 9 heteroatoms. The van der Waals surface area contributed by atoms with E-state index < -0.39 is 10.0 Å². The summed E-state index contributed by atoms with van der Waals surface area (Å²) < 4.78 is 27.6. The van der Waals surface area contributed by atoms with Crippen molar-refractivity contribution in [3.8, 4) is 0 Å². The summed E-state index contributed by atoms with van der Waals surface area (Å²) in [7, 11) is -3.50. The third-order valence-corrected chi connectivity index (χ3v) is 8.89. The maximum atomic E-state index is 13.0. The van der Waals surface area contributed by atoms with Crippen molar-refractivity contribution in [2.75, 3.05) is 26.2 Å². The monoisotopic (exact) mass is 435 g/mol. The fourth-order valence-electron chi connectivity index (χ4n) is 3.94. The number of sulfonamides is 1. The highest BCUT2D eigenvalue weighted by Gasteiger charge is 2.37. The van der Waals surface area contributed by atoms with Crippen LogP contribution in [0.25, 0.3) is 0 Å². The van der Waals surface area contributed by atoms with Gasteiger partial charge >= 0.3 is 0 Å². The van der Waals surface area contributed by atoms with Crippen LogP contribution in [0.5, 0.6) is 0 Å². The summed E-state index contributed by atoms with van der Waals surface area (Å²) >= 11 is 1.29. The average Bonchev–Trinajstić information content (AvgIpc) is 3.08. The molecule has 0 radical (unpaired) electrons. The van der Waals surface area contributed by atoms with Crippen molar-refractivity contribution in [3.63, 3.8) is 0 Å². The van der Waals surface area contributed by atoms with E-state index in [1.54, 1.807) is 6.07 Å². The first-order valence-electron chi connectivity index (χ1n) is 9.40. The van der Waals surface area contributed by atoms with Crippen LogP contribution in [-0.4, -0.2) is 55.8 Å². The Kier molecular flexibility index (Phi) is 7.72. The van der Waals surface area contributed by atoms with Crippen LogP contribution in [0.3, 0.4) is 0 Å². The van der Waals surface area contributed by atoms with E-state index in [1.807, 2.05) is 24.8 Å². The van der Waals surface area contributed by atoms with Gasteiger partial charge in [0, 0.05) is 37.1 Å². The van der Waals surface area contributed by atoms with E-state index in [0.29, 0.717) is 23.2 Å². The van der Waals surface area contributed by atoms with E-state index in [9.17, 15) is 13.2 Å². The topological polar surface area (TPSA) is 83.7 Å². The number of hydrogen-bond donors (Lipinski definition) is 1. The van der Waals surface area contributed by atoms with E-state index >= 15 is 0 Å². The minimum absolute atomic E-state index is 0. The molecule has 2 N–H and O–H groups in total. The van der Waals surface area contributed by atoms with Gasteiger partial charge in [0.1, 0.15) is 4.21 Å². The molecule has 1 aromatic rings. The van der Waals surface area contributed by atoms with Gasteiger partial charge in [0.05, 0.1) is 5.92 Å². The fraction of sp³-hybridized carbons (Fsp3) is 0.722. The number of carbonyl (C=O) groups is 1. The number of piperidine rings is 2. The van der Waals surface area contributed by atoms with Gasteiger partial charge in [-0.05, 0) is 57.6 Å². The van der Waals surface area contributed by atoms with Gasteiger partial charge in [-0.1, -0.05) is 0 Å². The summed E-state index contributed by atoms with van der Waals surface area (Å²) in [5, 5.41) is 0. The lowest BCUT2D eigenvalue weighted by molar-refractivity contribution is -0.138.